The molecule has 1 amide bonds. The van der Waals surface area contributed by atoms with Crippen molar-refractivity contribution in [2.45, 2.75) is 26.2 Å². The number of carbonyl (C=O) groups is 1. The molecule has 0 radical (unpaired) electrons. The number of ether oxygens (including phenoxy) is 1. The lowest BCUT2D eigenvalue weighted by molar-refractivity contribution is 0.0690. The molecule has 0 unspecified atom stereocenters. The molecule has 2 aromatic rings. The lowest BCUT2D eigenvalue weighted by atomic mass is 9.96. The summed E-state index contributed by atoms with van der Waals surface area (Å²) in [6, 6.07) is 16.0. The summed E-state index contributed by atoms with van der Waals surface area (Å²) >= 11 is 0. The van der Waals surface area contributed by atoms with Gasteiger partial charge in [0.25, 0.3) is 5.91 Å². The zero-order valence-electron chi connectivity index (χ0n) is 18.3. The minimum absolute atomic E-state index is 0.126. The van der Waals surface area contributed by atoms with Crippen molar-refractivity contribution < 1.29 is 9.53 Å². The fourth-order valence-corrected chi connectivity index (χ4v) is 4.23. The van der Waals surface area contributed by atoms with Gasteiger partial charge >= 0.3 is 0 Å². The van der Waals surface area contributed by atoms with Crippen molar-refractivity contribution in [3.8, 4) is 5.75 Å². The Labute approximate surface area is 181 Å². The van der Waals surface area contributed by atoms with Gasteiger partial charge in [0.05, 0.1) is 7.11 Å². The van der Waals surface area contributed by atoms with E-state index in [1.165, 1.54) is 18.4 Å². The fraction of sp³-hybridized carbons (Fsp3) is 0.423. The molecule has 3 rings (SSSR count). The highest BCUT2D eigenvalue weighted by Gasteiger charge is 2.24. The van der Waals surface area contributed by atoms with Crippen LogP contribution in [0.1, 0.15) is 41.3 Å². The summed E-state index contributed by atoms with van der Waals surface area (Å²) in [4.78, 5) is 17.5. The molecule has 1 aliphatic heterocycles. The maximum Gasteiger partial charge on any atom is 0.253 e. The van der Waals surface area contributed by atoms with E-state index in [1.807, 2.05) is 35.2 Å². The maximum atomic E-state index is 13.0. The highest BCUT2D eigenvalue weighted by atomic mass is 16.5. The van der Waals surface area contributed by atoms with Crippen molar-refractivity contribution in [3.05, 3.63) is 71.8 Å². The Morgan fingerprint density at radius 3 is 2.77 bits per heavy atom. The summed E-state index contributed by atoms with van der Waals surface area (Å²) in [5, 5.41) is 0. The average molecular weight is 407 g/mol. The Bertz CT molecular complexity index is 831. The van der Waals surface area contributed by atoms with E-state index in [0.717, 1.165) is 56.0 Å². The predicted molar refractivity (Wildman–Crippen MR) is 124 cm³/mol. The summed E-state index contributed by atoms with van der Waals surface area (Å²) in [7, 11) is 1.71. The summed E-state index contributed by atoms with van der Waals surface area (Å²) in [6.45, 7) is 10.7. The first kappa shape index (κ1) is 22.1. The number of hydrogen-bond donors (Lipinski definition) is 0. The van der Waals surface area contributed by atoms with Crippen LogP contribution in [0.25, 0.3) is 6.08 Å². The second-order valence-electron chi connectivity index (χ2n) is 8.08. The van der Waals surface area contributed by atoms with Crippen molar-refractivity contribution in [2.24, 2.45) is 5.92 Å². The number of carbonyl (C=O) groups excluding carboxylic acids is 1. The molecule has 0 N–H and O–H groups in total. The number of likely N-dealkylation sites (tertiary alicyclic amines) is 1. The highest BCUT2D eigenvalue weighted by molar-refractivity contribution is 5.94. The Morgan fingerprint density at radius 1 is 1.27 bits per heavy atom. The number of benzene rings is 2. The van der Waals surface area contributed by atoms with Crippen LogP contribution in [0.3, 0.4) is 0 Å². The van der Waals surface area contributed by atoms with Crippen LogP contribution in [0.2, 0.25) is 0 Å². The molecule has 1 atom stereocenters. The van der Waals surface area contributed by atoms with E-state index in [-0.39, 0.29) is 5.91 Å². The van der Waals surface area contributed by atoms with E-state index in [0.29, 0.717) is 5.92 Å². The molecule has 0 aromatic heterocycles. The predicted octanol–water partition coefficient (Wildman–Crippen LogP) is 4.76. The van der Waals surface area contributed by atoms with Crippen LogP contribution in [0.5, 0.6) is 5.75 Å². The first-order chi connectivity index (χ1) is 14.6. The van der Waals surface area contributed by atoms with Gasteiger partial charge in [0.2, 0.25) is 0 Å². The number of methoxy groups -OCH3 is 1. The molecule has 0 spiro atoms. The Morgan fingerprint density at radius 2 is 2.07 bits per heavy atom. The minimum atomic E-state index is 0.126. The zero-order chi connectivity index (χ0) is 21.3. The second kappa shape index (κ2) is 11.0. The molecular weight excluding hydrogens is 372 g/mol. The minimum Gasteiger partial charge on any atom is -0.497 e. The summed E-state index contributed by atoms with van der Waals surface area (Å²) in [5.74, 6) is 1.57. The van der Waals surface area contributed by atoms with Crippen LogP contribution >= 0.6 is 0 Å². The van der Waals surface area contributed by atoms with Crippen molar-refractivity contribution >= 4 is 12.0 Å². The van der Waals surface area contributed by atoms with Gasteiger partial charge in [-0.05, 0) is 74.0 Å². The lowest BCUT2D eigenvalue weighted by Gasteiger charge is -2.35. The Hall–Kier alpha value is -2.59. The van der Waals surface area contributed by atoms with Gasteiger partial charge in [-0.3, -0.25) is 4.79 Å². The molecule has 1 saturated heterocycles. The van der Waals surface area contributed by atoms with Gasteiger partial charge in [-0.2, -0.15) is 0 Å². The molecule has 4 heteroatoms. The molecule has 160 valence electrons. The van der Waals surface area contributed by atoms with Gasteiger partial charge in [0.15, 0.2) is 0 Å². The van der Waals surface area contributed by atoms with E-state index >= 15 is 0 Å². The van der Waals surface area contributed by atoms with Crippen LogP contribution in [-0.4, -0.2) is 55.5 Å². The van der Waals surface area contributed by atoms with Crippen molar-refractivity contribution in [1.82, 2.24) is 9.80 Å². The molecule has 0 aliphatic carbocycles. The number of piperidine rings is 1. The van der Waals surface area contributed by atoms with Gasteiger partial charge in [0, 0.05) is 31.7 Å². The van der Waals surface area contributed by atoms with Crippen LogP contribution in [0.15, 0.2) is 55.1 Å². The van der Waals surface area contributed by atoms with Gasteiger partial charge in [-0.1, -0.05) is 36.9 Å². The molecule has 1 heterocycles. The molecule has 0 saturated carbocycles. The number of rotatable bonds is 9. The lowest BCUT2D eigenvalue weighted by Crippen LogP contribution is -2.43. The summed E-state index contributed by atoms with van der Waals surface area (Å²) in [6.07, 6.45) is 5.21. The van der Waals surface area contributed by atoms with E-state index in [9.17, 15) is 4.79 Å². The van der Waals surface area contributed by atoms with E-state index in [4.69, 9.17) is 4.74 Å². The highest BCUT2D eigenvalue weighted by Crippen LogP contribution is 2.20. The molecular formula is C26H34N2O2. The molecule has 30 heavy (non-hydrogen) atoms. The van der Waals surface area contributed by atoms with Crippen molar-refractivity contribution in [2.75, 3.05) is 39.8 Å². The topological polar surface area (TPSA) is 32.8 Å². The van der Waals surface area contributed by atoms with Crippen LogP contribution < -0.4 is 4.74 Å². The van der Waals surface area contributed by atoms with E-state index in [1.54, 1.807) is 13.2 Å². The Kier molecular flexibility index (Phi) is 8.09. The first-order valence-electron chi connectivity index (χ1n) is 11.0. The molecule has 4 nitrogen and oxygen atoms in total. The van der Waals surface area contributed by atoms with E-state index < -0.39 is 0 Å². The number of nitrogens with zero attached hydrogens (tertiary/aromatic N) is 2. The first-order valence-corrected chi connectivity index (χ1v) is 11.0. The van der Waals surface area contributed by atoms with Gasteiger partial charge in [-0.15, -0.1) is 0 Å². The molecule has 1 fully saturated rings. The average Bonchev–Trinajstić information content (AvgIpc) is 2.81. The van der Waals surface area contributed by atoms with Gasteiger partial charge < -0.3 is 14.5 Å². The fourth-order valence-electron chi connectivity index (χ4n) is 4.23. The van der Waals surface area contributed by atoms with Crippen molar-refractivity contribution in [3.63, 3.8) is 0 Å². The smallest absolute Gasteiger partial charge is 0.253 e. The van der Waals surface area contributed by atoms with Gasteiger partial charge in [0.1, 0.15) is 5.75 Å². The maximum absolute atomic E-state index is 13.0. The summed E-state index contributed by atoms with van der Waals surface area (Å²) < 4.78 is 5.34. The SMILES string of the molecule is C=Cc1ccc(C(=O)N(CC)C[C@@H]2CCCN(CCc3cccc(OC)c3)C2)cc1. The number of amides is 1. The second-order valence-corrected chi connectivity index (χ2v) is 8.08. The van der Waals surface area contributed by atoms with Crippen molar-refractivity contribution in [1.29, 1.82) is 0 Å². The molecule has 2 aromatic carbocycles. The zero-order valence-corrected chi connectivity index (χ0v) is 18.3. The monoisotopic (exact) mass is 406 g/mol. The van der Waals surface area contributed by atoms with E-state index in [2.05, 4.69) is 36.6 Å². The third kappa shape index (κ3) is 5.96. The van der Waals surface area contributed by atoms with Crippen LogP contribution in [0.4, 0.5) is 0 Å². The van der Waals surface area contributed by atoms with Gasteiger partial charge in [-0.25, -0.2) is 0 Å². The third-order valence-electron chi connectivity index (χ3n) is 5.99. The number of hydrogen-bond acceptors (Lipinski definition) is 3. The van der Waals surface area contributed by atoms with Crippen LogP contribution in [0, 0.1) is 5.92 Å². The largest absolute Gasteiger partial charge is 0.497 e. The molecule has 1 aliphatic rings. The third-order valence-corrected chi connectivity index (χ3v) is 5.99. The standard InChI is InChI=1S/C26H34N2O2/c1-4-21-11-13-24(14-12-21)26(29)28(5-2)20-23-9-7-16-27(19-23)17-15-22-8-6-10-25(18-22)30-3/h4,6,8,10-14,18,23H,1,5,7,9,15-17,19-20H2,2-3H3/t23-/m1/s1. The molecule has 0 bridgehead atoms. The normalized spacial score (nSPS) is 16.8. The quantitative estimate of drug-likeness (QED) is 0.602. The summed E-state index contributed by atoms with van der Waals surface area (Å²) in [5.41, 5.74) is 3.10. The Balaban J connectivity index is 1.54. The van der Waals surface area contributed by atoms with Crippen LogP contribution in [-0.2, 0) is 6.42 Å².